The maximum Gasteiger partial charge on any atom is 0.0677 e. The topological polar surface area (TPSA) is 48.0 Å². The molecular weight excluding hydrogens is 272 g/mol. The highest BCUT2D eigenvalue weighted by molar-refractivity contribution is 5.82. The second-order valence-electron chi connectivity index (χ2n) is 6.11. The van der Waals surface area contributed by atoms with Gasteiger partial charge in [-0.1, -0.05) is 36.4 Å². The molecule has 112 valence electrons. The molecule has 3 aromatic rings. The van der Waals surface area contributed by atoms with Crippen LogP contribution >= 0.6 is 0 Å². The highest BCUT2D eigenvalue weighted by Crippen LogP contribution is 2.36. The van der Waals surface area contributed by atoms with E-state index in [0.717, 1.165) is 24.9 Å². The molecule has 0 amide bonds. The molecule has 0 radical (unpaired) electrons. The van der Waals surface area contributed by atoms with Gasteiger partial charge in [0.05, 0.1) is 12.1 Å². The third-order valence-corrected chi connectivity index (χ3v) is 4.93. The van der Waals surface area contributed by atoms with Crippen LogP contribution in [0.25, 0.3) is 10.9 Å². The normalized spacial score (nSPS) is 20.4. The van der Waals surface area contributed by atoms with Crippen molar-refractivity contribution in [1.82, 2.24) is 10.3 Å². The molecule has 4 rings (SSSR count). The summed E-state index contributed by atoms with van der Waals surface area (Å²) < 4.78 is 0. The van der Waals surface area contributed by atoms with Crippen LogP contribution in [0.2, 0.25) is 0 Å². The second kappa shape index (κ2) is 5.27. The first kappa shape index (κ1) is 13.6. The fourth-order valence-electron chi connectivity index (χ4n) is 3.66. The summed E-state index contributed by atoms with van der Waals surface area (Å²) in [6.45, 7) is 0.886. The van der Waals surface area contributed by atoms with E-state index in [1.807, 2.05) is 6.20 Å². The lowest BCUT2D eigenvalue weighted by molar-refractivity contribution is 0.159. The minimum atomic E-state index is -0.310. The minimum Gasteiger partial charge on any atom is -0.394 e. The first-order chi connectivity index (χ1) is 10.8. The van der Waals surface area contributed by atoms with Gasteiger partial charge in [0.2, 0.25) is 0 Å². The summed E-state index contributed by atoms with van der Waals surface area (Å²) in [5.41, 5.74) is 4.71. The average Bonchev–Trinajstić information content (AvgIpc) is 3.18. The smallest absolute Gasteiger partial charge is 0.0677 e. The third kappa shape index (κ3) is 2.05. The second-order valence-corrected chi connectivity index (χ2v) is 6.11. The third-order valence-electron chi connectivity index (χ3n) is 4.93. The van der Waals surface area contributed by atoms with Gasteiger partial charge in [-0.05, 0) is 41.7 Å². The van der Waals surface area contributed by atoms with Gasteiger partial charge in [-0.2, -0.15) is 0 Å². The number of rotatable bonds is 4. The minimum absolute atomic E-state index is 0.132. The summed E-state index contributed by atoms with van der Waals surface area (Å²) in [6, 6.07) is 16.9. The quantitative estimate of drug-likeness (QED) is 0.692. The average molecular weight is 292 g/mol. The maximum atomic E-state index is 10.0. The molecule has 3 heteroatoms. The molecule has 3 N–H and O–H groups in total. The molecule has 1 aliphatic carbocycles. The number of H-pyrrole nitrogens is 1. The van der Waals surface area contributed by atoms with Gasteiger partial charge in [0.25, 0.3) is 0 Å². The number of aromatic nitrogens is 1. The summed E-state index contributed by atoms with van der Waals surface area (Å²) in [7, 11) is 0. The van der Waals surface area contributed by atoms with E-state index in [9.17, 15) is 5.11 Å². The van der Waals surface area contributed by atoms with Crippen molar-refractivity contribution in [3.8, 4) is 0 Å². The molecule has 0 unspecified atom stereocenters. The van der Waals surface area contributed by atoms with Crippen LogP contribution in [-0.4, -0.2) is 16.7 Å². The lowest BCUT2D eigenvalue weighted by atomic mass is 9.92. The van der Waals surface area contributed by atoms with Gasteiger partial charge in [-0.15, -0.1) is 0 Å². The molecule has 0 saturated carbocycles. The standard InChI is InChI=1S/C19H20N2O/c22-13-19(10-8-14-4-1-2-6-17(14)19)21-12-15-5-3-7-18-16(15)9-11-20-18/h1-7,9,11,20-22H,8,10,12-13H2/t19-/m0/s1. The molecule has 0 spiro atoms. The predicted molar refractivity (Wildman–Crippen MR) is 88.7 cm³/mol. The first-order valence-corrected chi connectivity index (χ1v) is 7.82. The Morgan fingerprint density at radius 2 is 2.00 bits per heavy atom. The number of hydrogen-bond donors (Lipinski definition) is 3. The Morgan fingerprint density at radius 1 is 1.09 bits per heavy atom. The lowest BCUT2D eigenvalue weighted by Gasteiger charge is -2.30. The van der Waals surface area contributed by atoms with Gasteiger partial charge >= 0.3 is 0 Å². The van der Waals surface area contributed by atoms with Crippen molar-refractivity contribution in [3.63, 3.8) is 0 Å². The van der Waals surface area contributed by atoms with Crippen LogP contribution in [0, 0.1) is 0 Å². The van der Waals surface area contributed by atoms with Crippen LogP contribution in [0.1, 0.15) is 23.1 Å². The molecule has 1 atom stereocenters. The maximum absolute atomic E-state index is 10.0. The molecular formula is C19H20N2O. The molecule has 0 saturated heterocycles. The summed E-state index contributed by atoms with van der Waals surface area (Å²) >= 11 is 0. The molecule has 1 aliphatic rings. The number of fused-ring (bicyclic) bond motifs is 2. The molecule has 0 fully saturated rings. The highest BCUT2D eigenvalue weighted by Gasteiger charge is 2.37. The van der Waals surface area contributed by atoms with Crippen molar-refractivity contribution in [1.29, 1.82) is 0 Å². The number of aryl methyl sites for hydroxylation is 1. The number of aliphatic hydroxyl groups excluding tert-OH is 1. The Labute approximate surface area is 130 Å². The largest absolute Gasteiger partial charge is 0.394 e. The lowest BCUT2D eigenvalue weighted by Crippen LogP contribution is -2.43. The molecule has 1 heterocycles. The SMILES string of the molecule is OC[C@@]1(NCc2cccc3[nH]ccc23)CCc2ccccc21. The van der Waals surface area contributed by atoms with E-state index < -0.39 is 0 Å². The Kier molecular flexibility index (Phi) is 3.25. The number of nitrogens with one attached hydrogen (secondary N) is 2. The van der Waals surface area contributed by atoms with E-state index in [4.69, 9.17) is 0 Å². The van der Waals surface area contributed by atoms with Gasteiger partial charge in [0, 0.05) is 23.6 Å². The number of aliphatic hydroxyl groups is 1. The Hall–Kier alpha value is -2.10. The fraction of sp³-hybridized carbons (Fsp3) is 0.263. The highest BCUT2D eigenvalue weighted by atomic mass is 16.3. The Morgan fingerprint density at radius 3 is 2.91 bits per heavy atom. The van der Waals surface area contributed by atoms with Crippen molar-refractivity contribution in [3.05, 3.63) is 71.4 Å². The van der Waals surface area contributed by atoms with Crippen molar-refractivity contribution in [2.45, 2.75) is 24.9 Å². The molecule has 0 aliphatic heterocycles. The molecule has 3 nitrogen and oxygen atoms in total. The first-order valence-electron chi connectivity index (χ1n) is 7.82. The predicted octanol–water partition coefficient (Wildman–Crippen LogP) is 3.09. The number of aromatic amines is 1. The van der Waals surface area contributed by atoms with Gasteiger partial charge in [0.15, 0.2) is 0 Å². The zero-order valence-corrected chi connectivity index (χ0v) is 12.5. The molecule has 1 aromatic heterocycles. The number of hydrogen-bond acceptors (Lipinski definition) is 2. The summed E-state index contributed by atoms with van der Waals surface area (Å²) in [5.74, 6) is 0. The van der Waals surface area contributed by atoms with E-state index in [1.54, 1.807) is 0 Å². The van der Waals surface area contributed by atoms with Gasteiger partial charge < -0.3 is 15.4 Å². The van der Waals surface area contributed by atoms with E-state index in [0.29, 0.717) is 0 Å². The van der Waals surface area contributed by atoms with E-state index in [2.05, 4.69) is 58.8 Å². The monoisotopic (exact) mass is 292 g/mol. The van der Waals surface area contributed by atoms with Crippen LogP contribution in [-0.2, 0) is 18.5 Å². The van der Waals surface area contributed by atoms with Crippen LogP contribution < -0.4 is 5.32 Å². The van der Waals surface area contributed by atoms with Crippen LogP contribution in [0.3, 0.4) is 0 Å². The zero-order valence-electron chi connectivity index (χ0n) is 12.5. The summed E-state index contributed by atoms with van der Waals surface area (Å²) in [4.78, 5) is 3.25. The number of benzene rings is 2. The van der Waals surface area contributed by atoms with Crippen LogP contribution in [0.4, 0.5) is 0 Å². The molecule has 0 bridgehead atoms. The molecule has 22 heavy (non-hydrogen) atoms. The van der Waals surface area contributed by atoms with Gasteiger partial charge in [-0.25, -0.2) is 0 Å². The van der Waals surface area contributed by atoms with Crippen LogP contribution in [0.15, 0.2) is 54.7 Å². The Balaban J connectivity index is 1.64. The fourth-order valence-corrected chi connectivity index (χ4v) is 3.66. The van der Waals surface area contributed by atoms with Crippen molar-refractivity contribution in [2.75, 3.05) is 6.61 Å². The van der Waals surface area contributed by atoms with Crippen molar-refractivity contribution < 1.29 is 5.11 Å². The molecule has 2 aromatic carbocycles. The summed E-state index contributed by atoms with van der Waals surface area (Å²) in [6.07, 6.45) is 3.95. The van der Waals surface area contributed by atoms with Crippen molar-refractivity contribution >= 4 is 10.9 Å². The van der Waals surface area contributed by atoms with E-state index in [1.165, 1.54) is 22.1 Å². The zero-order chi connectivity index (χ0) is 15.0. The van der Waals surface area contributed by atoms with Crippen LogP contribution in [0.5, 0.6) is 0 Å². The van der Waals surface area contributed by atoms with Gasteiger partial charge in [-0.3, -0.25) is 0 Å². The summed E-state index contributed by atoms with van der Waals surface area (Å²) in [5, 5.41) is 14.9. The van der Waals surface area contributed by atoms with Gasteiger partial charge in [0.1, 0.15) is 0 Å². The Bertz CT molecular complexity index is 808. The van der Waals surface area contributed by atoms with Crippen molar-refractivity contribution in [2.24, 2.45) is 0 Å². The van der Waals surface area contributed by atoms with E-state index in [-0.39, 0.29) is 12.1 Å². The van der Waals surface area contributed by atoms with E-state index >= 15 is 0 Å².